The first-order chi connectivity index (χ1) is 13.4. The van der Waals surface area contributed by atoms with Gasteiger partial charge in [-0.05, 0) is 25.1 Å². The number of esters is 3. The number of para-hydroxylation sites is 1. The maximum atomic E-state index is 12.3. The minimum atomic E-state index is -0.681. The molecule has 28 heavy (non-hydrogen) atoms. The van der Waals surface area contributed by atoms with Gasteiger partial charge in [0, 0.05) is 6.92 Å². The molecule has 1 aromatic heterocycles. The Morgan fingerprint density at radius 1 is 1.29 bits per heavy atom. The van der Waals surface area contributed by atoms with Crippen molar-refractivity contribution in [1.29, 1.82) is 0 Å². The highest BCUT2D eigenvalue weighted by Gasteiger charge is 2.43. The van der Waals surface area contributed by atoms with Crippen molar-refractivity contribution in [2.75, 3.05) is 13.2 Å². The fourth-order valence-corrected chi connectivity index (χ4v) is 3.35. The molecule has 1 fully saturated rings. The van der Waals surface area contributed by atoms with E-state index in [1.54, 1.807) is 24.6 Å². The smallest absolute Gasteiger partial charge is 0.358 e. The second-order valence-corrected chi connectivity index (χ2v) is 6.51. The Balaban J connectivity index is 2.12. The third-order valence-electron chi connectivity index (χ3n) is 4.58. The number of cyclic esters (lactones) is 1. The van der Waals surface area contributed by atoms with Crippen LogP contribution in [0, 0.1) is 5.92 Å². The molecule has 0 aliphatic carbocycles. The van der Waals surface area contributed by atoms with E-state index in [2.05, 4.69) is 5.10 Å². The average molecular weight is 386 g/mol. The summed E-state index contributed by atoms with van der Waals surface area (Å²) in [5, 5.41) is 4.40. The molecule has 0 saturated carbocycles. The fourth-order valence-electron chi connectivity index (χ4n) is 3.35. The predicted octanol–water partition coefficient (Wildman–Crippen LogP) is 2.26. The summed E-state index contributed by atoms with van der Waals surface area (Å²) < 4.78 is 17.2. The Hall–Kier alpha value is -3.16. The Morgan fingerprint density at radius 3 is 2.64 bits per heavy atom. The first-order valence-corrected chi connectivity index (χ1v) is 9.08. The predicted molar refractivity (Wildman–Crippen MR) is 97.9 cm³/mol. The van der Waals surface area contributed by atoms with E-state index in [-0.39, 0.29) is 18.9 Å². The van der Waals surface area contributed by atoms with Gasteiger partial charge in [-0.15, -0.1) is 0 Å². The van der Waals surface area contributed by atoms with E-state index in [0.29, 0.717) is 11.4 Å². The molecule has 1 aliphatic rings. The van der Waals surface area contributed by atoms with Crippen LogP contribution < -0.4 is 0 Å². The topological polar surface area (TPSA) is 96.7 Å². The van der Waals surface area contributed by atoms with E-state index in [1.165, 1.54) is 6.92 Å². The van der Waals surface area contributed by atoms with Gasteiger partial charge in [-0.2, -0.15) is 5.10 Å². The van der Waals surface area contributed by atoms with Gasteiger partial charge < -0.3 is 14.2 Å². The van der Waals surface area contributed by atoms with Crippen LogP contribution >= 0.6 is 0 Å². The summed E-state index contributed by atoms with van der Waals surface area (Å²) in [6.45, 7) is 4.88. The molecule has 1 aromatic carbocycles. The van der Waals surface area contributed by atoms with Crippen LogP contribution in [-0.4, -0.2) is 47.0 Å². The number of rotatable bonds is 5. The summed E-state index contributed by atoms with van der Waals surface area (Å²) in [5.41, 5.74) is 1.40. The van der Waals surface area contributed by atoms with Gasteiger partial charge in [-0.1, -0.05) is 25.1 Å². The van der Waals surface area contributed by atoms with Gasteiger partial charge in [0.25, 0.3) is 0 Å². The second-order valence-electron chi connectivity index (χ2n) is 6.51. The lowest BCUT2D eigenvalue weighted by Crippen LogP contribution is -2.43. The van der Waals surface area contributed by atoms with Crippen molar-refractivity contribution >= 4 is 17.9 Å². The van der Waals surface area contributed by atoms with Gasteiger partial charge in [0.15, 0.2) is 5.69 Å². The molecular formula is C20H22N2O6. The minimum absolute atomic E-state index is 0.0534. The van der Waals surface area contributed by atoms with E-state index in [9.17, 15) is 14.4 Å². The molecule has 3 rings (SSSR count). The molecule has 0 N–H and O–H groups in total. The number of hydrogen-bond acceptors (Lipinski definition) is 7. The molecule has 0 radical (unpaired) electrons. The average Bonchev–Trinajstić information content (AvgIpc) is 3.10. The van der Waals surface area contributed by atoms with Gasteiger partial charge in [0.2, 0.25) is 0 Å². The number of aromatic nitrogens is 2. The van der Waals surface area contributed by atoms with Crippen molar-refractivity contribution in [3.8, 4) is 5.69 Å². The number of benzene rings is 1. The van der Waals surface area contributed by atoms with E-state index in [0.717, 1.165) is 0 Å². The van der Waals surface area contributed by atoms with Crippen LogP contribution in [0.3, 0.4) is 0 Å². The Morgan fingerprint density at radius 2 is 2.00 bits per heavy atom. The highest BCUT2D eigenvalue weighted by molar-refractivity contribution is 5.87. The lowest BCUT2D eigenvalue weighted by atomic mass is 9.84. The molecule has 8 nitrogen and oxygen atoms in total. The van der Waals surface area contributed by atoms with Crippen molar-refractivity contribution < 1.29 is 28.6 Å². The maximum Gasteiger partial charge on any atom is 0.358 e. The number of hydrogen-bond donors (Lipinski definition) is 0. The number of nitrogens with zero attached hydrogens (tertiary/aromatic N) is 2. The van der Waals surface area contributed by atoms with Gasteiger partial charge >= 0.3 is 17.9 Å². The van der Waals surface area contributed by atoms with Gasteiger partial charge in [0.05, 0.1) is 29.8 Å². The molecule has 0 bridgehead atoms. The summed E-state index contributed by atoms with van der Waals surface area (Å²) in [4.78, 5) is 36.0. The van der Waals surface area contributed by atoms with E-state index < -0.39 is 35.8 Å². The summed E-state index contributed by atoms with van der Waals surface area (Å²) in [6, 6.07) is 10.8. The van der Waals surface area contributed by atoms with Crippen molar-refractivity contribution in [2.45, 2.75) is 32.8 Å². The zero-order valence-corrected chi connectivity index (χ0v) is 16.0. The molecular weight excluding hydrogens is 364 g/mol. The third-order valence-corrected chi connectivity index (χ3v) is 4.58. The summed E-state index contributed by atoms with van der Waals surface area (Å²) >= 11 is 0. The molecule has 0 amide bonds. The standard InChI is InChI=1S/C20H22N2O6/c1-4-26-20(25)15-10-16(22(21-15)14-8-6-5-7-9-14)18-12(2)19(24)27-11-17(18)28-13(3)23/h5-10,12,17-18H,4,11H2,1-3H3. The van der Waals surface area contributed by atoms with Crippen LogP contribution in [0.1, 0.15) is 42.9 Å². The first kappa shape index (κ1) is 19.6. The van der Waals surface area contributed by atoms with Crippen molar-refractivity contribution in [3.05, 3.63) is 47.8 Å². The summed E-state index contributed by atoms with van der Waals surface area (Å²) in [7, 11) is 0. The van der Waals surface area contributed by atoms with Crippen LogP contribution in [0.4, 0.5) is 0 Å². The Bertz CT molecular complexity index is 876. The largest absolute Gasteiger partial charge is 0.461 e. The monoisotopic (exact) mass is 386 g/mol. The SMILES string of the molecule is CCOC(=O)c1cc(C2C(OC(C)=O)COC(=O)C2C)n(-c2ccccc2)n1. The van der Waals surface area contributed by atoms with Gasteiger partial charge in [-0.3, -0.25) is 9.59 Å². The highest BCUT2D eigenvalue weighted by Crippen LogP contribution is 2.36. The van der Waals surface area contributed by atoms with Crippen LogP contribution in [0.5, 0.6) is 0 Å². The number of carbonyl (C=O) groups is 3. The molecule has 148 valence electrons. The van der Waals surface area contributed by atoms with E-state index in [4.69, 9.17) is 14.2 Å². The molecule has 2 aromatic rings. The molecule has 8 heteroatoms. The second kappa shape index (κ2) is 8.24. The third kappa shape index (κ3) is 3.90. The van der Waals surface area contributed by atoms with Crippen LogP contribution in [0.15, 0.2) is 36.4 Å². The first-order valence-electron chi connectivity index (χ1n) is 9.08. The lowest BCUT2D eigenvalue weighted by Gasteiger charge is -2.34. The van der Waals surface area contributed by atoms with Crippen molar-refractivity contribution in [2.24, 2.45) is 5.92 Å². The van der Waals surface area contributed by atoms with Crippen LogP contribution in [0.25, 0.3) is 5.69 Å². The Kier molecular flexibility index (Phi) is 5.77. The quantitative estimate of drug-likeness (QED) is 0.574. The summed E-state index contributed by atoms with van der Waals surface area (Å²) in [6.07, 6.45) is -0.681. The fraction of sp³-hybridized carbons (Fsp3) is 0.400. The molecule has 0 spiro atoms. The molecule has 1 saturated heterocycles. The Labute approximate surface area is 162 Å². The van der Waals surface area contributed by atoms with E-state index in [1.807, 2.05) is 30.3 Å². The molecule has 2 heterocycles. The van der Waals surface area contributed by atoms with Crippen LogP contribution in [0.2, 0.25) is 0 Å². The van der Waals surface area contributed by atoms with Crippen molar-refractivity contribution in [3.63, 3.8) is 0 Å². The van der Waals surface area contributed by atoms with Crippen LogP contribution in [-0.2, 0) is 23.8 Å². The molecule has 3 unspecified atom stereocenters. The van der Waals surface area contributed by atoms with E-state index >= 15 is 0 Å². The number of ether oxygens (including phenoxy) is 3. The minimum Gasteiger partial charge on any atom is -0.461 e. The molecule has 1 aliphatic heterocycles. The van der Waals surface area contributed by atoms with Gasteiger partial charge in [0.1, 0.15) is 12.7 Å². The lowest BCUT2D eigenvalue weighted by molar-refractivity contribution is -0.172. The maximum absolute atomic E-state index is 12.3. The number of carbonyl (C=O) groups excluding carboxylic acids is 3. The van der Waals surface area contributed by atoms with Crippen molar-refractivity contribution in [1.82, 2.24) is 9.78 Å². The molecule has 3 atom stereocenters. The highest BCUT2D eigenvalue weighted by atomic mass is 16.6. The normalized spacial score (nSPS) is 21.7. The zero-order valence-electron chi connectivity index (χ0n) is 16.0. The zero-order chi connectivity index (χ0) is 20.3. The summed E-state index contributed by atoms with van der Waals surface area (Å²) in [5.74, 6) is -2.55. The van der Waals surface area contributed by atoms with Gasteiger partial charge in [-0.25, -0.2) is 9.48 Å².